The average Bonchev–Trinajstić information content (AvgIpc) is 2.34. The molecule has 0 aliphatic heterocycles. The second-order valence-corrected chi connectivity index (χ2v) is 4.02. The second-order valence-electron chi connectivity index (χ2n) is 4.02. The highest BCUT2D eigenvalue weighted by Gasteiger charge is 2.14. The Morgan fingerprint density at radius 3 is 2.76 bits per heavy atom. The van der Waals surface area contributed by atoms with Gasteiger partial charge >= 0.3 is 5.97 Å². The molecule has 0 saturated carbocycles. The first-order valence-corrected chi connectivity index (χ1v) is 5.50. The Labute approximate surface area is 101 Å². The van der Waals surface area contributed by atoms with E-state index in [1.165, 1.54) is 0 Å². The first-order valence-electron chi connectivity index (χ1n) is 5.50. The van der Waals surface area contributed by atoms with Crippen LogP contribution in [0.1, 0.15) is 25.3 Å². The van der Waals surface area contributed by atoms with E-state index >= 15 is 0 Å². The smallest absolute Gasteiger partial charge is 0.303 e. The van der Waals surface area contributed by atoms with Crippen LogP contribution in [0.2, 0.25) is 0 Å². The molecular weight excluding hydrogens is 216 g/mol. The van der Waals surface area contributed by atoms with Crippen molar-refractivity contribution in [2.75, 3.05) is 11.9 Å². The molecule has 90 valence electrons. The number of benzene rings is 1. The molecule has 0 aliphatic carbocycles. The van der Waals surface area contributed by atoms with E-state index in [0.29, 0.717) is 12.0 Å². The van der Waals surface area contributed by atoms with Gasteiger partial charge in [0.25, 0.3) is 0 Å². The summed E-state index contributed by atoms with van der Waals surface area (Å²) in [4.78, 5) is 12.5. The monoisotopic (exact) mass is 232 g/mol. The van der Waals surface area contributed by atoms with Gasteiger partial charge in [-0.2, -0.15) is 5.26 Å². The zero-order valence-corrected chi connectivity index (χ0v) is 10.1. The molecule has 1 unspecified atom stereocenters. The van der Waals surface area contributed by atoms with E-state index in [0.717, 1.165) is 5.69 Å². The summed E-state index contributed by atoms with van der Waals surface area (Å²) >= 11 is 0. The number of carboxylic acid groups (broad SMARTS) is 1. The van der Waals surface area contributed by atoms with Gasteiger partial charge in [0.2, 0.25) is 0 Å². The minimum absolute atomic E-state index is 0.0839. The van der Waals surface area contributed by atoms with Crippen molar-refractivity contribution in [3.05, 3.63) is 29.8 Å². The van der Waals surface area contributed by atoms with Gasteiger partial charge < -0.3 is 10.0 Å². The van der Waals surface area contributed by atoms with Crippen LogP contribution in [0.5, 0.6) is 0 Å². The van der Waals surface area contributed by atoms with Crippen LogP contribution < -0.4 is 4.90 Å². The molecule has 0 bridgehead atoms. The van der Waals surface area contributed by atoms with Gasteiger partial charge in [-0.25, -0.2) is 0 Å². The van der Waals surface area contributed by atoms with Crippen molar-refractivity contribution < 1.29 is 9.90 Å². The molecule has 0 heterocycles. The number of para-hydroxylation sites is 1. The molecule has 1 rings (SSSR count). The number of carboxylic acids is 1. The maximum atomic E-state index is 10.5. The van der Waals surface area contributed by atoms with Gasteiger partial charge in [0.15, 0.2) is 0 Å². The molecule has 1 aromatic carbocycles. The number of hydrogen-bond acceptors (Lipinski definition) is 3. The summed E-state index contributed by atoms with van der Waals surface area (Å²) < 4.78 is 0. The highest BCUT2D eigenvalue weighted by molar-refractivity contribution is 5.67. The maximum Gasteiger partial charge on any atom is 0.303 e. The van der Waals surface area contributed by atoms with E-state index in [1.54, 1.807) is 6.07 Å². The molecule has 1 N–H and O–H groups in total. The molecule has 0 aromatic heterocycles. The van der Waals surface area contributed by atoms with E-state index in [1.807, 2.05) is 37.1 Å². The molecule has 1 aromatic rings. The summed E-state index contributed by atoms with van der Waals surface area (Å²) in [6.07, 6.45) is 0.700. The fraction of sp³-hybridized carbons (Fsp3) is 0.385. The largest absolute Gasteiger partial charge is 0.481 e. The van der Waals surface area contributed by atoms with Crippen molar-refractivity contribution in [3.8, 4) is 6.07 Å². The fourth-order valence-electron chi connectivity index (χ4n) is 1.64. The maximum absolute atomic E-state index is 10.5. The lowest BCUT2D eigenvalue weighted by Gasteiger charge is -2.27. The molecule has 0 spiro atoms. The molecule has 1 atom stereocenters. The third kappa shape index (κ3) is 3.49. The Morgan fingerprint density at radius 1 is 1.53 bits per heavy atom. The van der Waals surface area contributed by atoms with Gasteiger partial charge in [-0.15, -0.1) is 0 Å². The second kappa shape index (κ2) is 5.90. The molecule has 17 heavy (non-hydrogen) atoms. The van der Waals surface area contributed by atoms with E-state index in [4.69, 9.17) is 10.4 Å². The average molecular weight is 232 g/mol. The molecule has 4 nitrogen and oxygen atoms in total. The lowest BCUT2D eigenvalue weighted by molar-refractivity contribution is -0.137. The number of carbonyl (C=O) groups is 1. The normalized spacial score (nSPS) is 11.6. The number of rotatable bonds is 5. The third-order valence-corrected chi connectivity index (χ3v) is 2.84. The van der Waals surface area contributed by atoms with Gasteiger partial charge in [0.05, 0.1) is 11.3 Å². The lowest BCUT2D eigenvalue weighted by atomic mass is 10.1. The van der Waals surface area contributed by atoms with Crippen LogP contribution >= 0.6 is 0 Å². The van der Waals surface area contributed by atoms with Crippen LogP contribution in [-0.2, 0) is 4.79 Å². The number of anilines is 1. The van der Waals surface area contributed by atoms with Crippen LogP contribution in [0, 0.1) is 11.3 Å². The predicted octanol–water partition coefficient (Wildman–Crippen LogP) is 2.25. The van der Waals surface area contributed by atoms with Gasteiger partial charge in [-0.05, 0) is 25.5 Å². The van der Waals surface area contributed by atoms with Crippen LogP contribution in [0.25, 0.3) is 0 Å². The quantitative estimate of drug-likeness (QED) is 0.845. The van der Waals surface area contributed by atoms with Crippen LogP contribution in [0.3, 0.4) is 0 Å². The number of hydrogen-bond donors (Lipinski definition) is 1. The Bertz CT molecular complexity index is 437. The summed E-state index contributed by atoms with van der Waals surface area (Å²) in [5.41, 5.74) is 1.45. The molecule has 0 radical (unpaired) electrons. The van der Waals surface area contributed by atoms with Gasteiger partial charge in [0, 0.05) is 19.5 Å². The predicted molar refractivity (Wildman–Crippen MR) is 65.9 cm³/mol. The minimum Gasteiger partial charge on any atom is -0.481 e. The Kier molecular flexibility index (Phi) is 4.53. The lowest BCUT2D eigenvalue weighted by Crippen LogP contribution is -2.29. The molecule has 0 aliphatic rings. The van der Waals surface area contributed by atoms with E-state index in [2.05, 4.69) is 6.07 Å². The molecule has 0 fully saturated rings. The van der Waals surface area contributed by atoms with E-state index in [-0.39, 0.29) is 12.5 Å². The first kappa shape index (κ1) is 13.0. The molecule has 0 amide bonds. The molecular formula is C13H16N2O2. The fourth-order valence-corrected chi connectivity index (χ4v) is 1.64. The zero-order valence-electron chi connectivity index (χ0n) is 10.1. The molecule has 4 heteroatoms. The summed E-state index contributed by atoms with van der Waals surface area (Å²) in [5.74, 6) is -0.793. The Hall–Kier alpha value is -2.02. The van der Waals surface area contributed by atoms with Crippen LogP contribution in [0.15, 0.2) is 24.3 Å². The standard InChI is InChI=1S/C13H16N2O2/c1-10(7-8-13(16)17)15(2)12-6-4-3-5-11(12)9-14/h3-6,10H,7-8H2,1-2H3,(H,16,17). The van der Waals surface area contributed by atoms with E-state index < -0.39 is 5.97 Å². The summed E-state index contributed by atoms with van der Waals surface area (Å²) in [7, 11) is 1.88. The first-order chi connectivity index (χ1) is 8.06. The van der Waals surface area contributed by atoms with Crippen molar-refractivity contribution in [2.45, 2.75) is 25.8 Å². The Balaban J connectivity index is 2.78. The zero-order chi connectivity index (χ0) is 12.8. The molecule has 0 saturated heterocycles. The van der Waals surface area contributed by atoms with Crippen molar-refractivity contribution >= 4 is 11.7 Å². The van der Waals surface area contributed by atoms with Crippen LogP contribution in [-0.4, -0.2) is 24.2 Å². The van der Waals surface area contributed by atoms with Crippen molar-refractivity contribution in [1.82, 2.24) is 0 Å². The van der Waals surface area contributed by atoms with E-state index in [9.17, 15) is 4.79 Å². The summed E-state index contributed by atoms with van der Waals surface area (Å²) in [6.45, 7) is 1.96. The summed E-state index contributed by atoms with van der Waals surface area (Å²) in [6, 6.07) is 9.54. The van der Waals surface area contributed by atoms with Crippen molar-refractivity contribution in [3.63, 3.8) is 0 Å². The van der Waals surface area contributed by atoms with Crippen molar-refractivity contribution in [2.24, 2.45) is 0 Å². The van der Waals surface area contributed by atoms with Crippen molar-refractivity contribution in [1.29, 1.82) is 5.26 Å². The number of aliphatic carboxylic acids is 1. The highest BCUT2D eigenvalue weighted by Crippen LogP contribution is 2.21. The SMILES string of the molecule is CC(CCC(=O)O)N(C)c1ccccc1C#N. The van der Waals surface area contributed by atoms with Gasteiger partial charge in [-0.3, -0.25) is 4.79 Å². The summed E-state index contributed by atoms with van der Waals surface area (Å²) in [5, 5.41) is 17.6. The van der Waals surface area contributed by atoms with Gasteiger partial charge in [-0.1, -0.05) is 12.1 Å². The number of nitriles is 1. The highest BCUT2D eigenvalue weighted by atomic mass is 16.4. The Morgan fingerprint density at radius 2 is 2.18 bits per heavy atom. The topological polar surface area (TPSA) is 64.3 Å². The minimum atomic E-state index is -0.793. The third-order valence-electron chi connectivity index (χ3n) is 2.84. The van der Waals surface area contributed by atoms with Gasteiger partial charge in [0.1, 0.15) is 6.07 Å². The van der Waals surface area contributed by atoms with Crippen LogP contribution in [0.4, 0.5) is 5.69 Å². The number of nitrogens with zero attached hydrogens (tertiary/aromatic N) is 2.